The minimum absolute atomic E-state index is 0. The van der Waals surface area contributed by atoms with Gasteiger partial charge in [0.05, 0.1) is 0 Å². The third kappa shape index (κ3) is 9.14. The molecule has 0 atom stereocenters. The van der Waals surface area contributed by atoms with Crippen molar-refractivity contribution < 1.29 is 13.5 Å². The summed E-state index contributed by atoms with van der Waals surface area (Å²) in [6.45, 7) is -1.19. The van der Waals surface area contributed by atoms with E-state index in [0.717, 1.165) is 12.1 Å². The van der Waals surface area contributed by atoms with Crippen LogP contribution in [0.4, 0.5) is 8.78 Å². The topological polar surface area (TPSA) is 48.9 Å². The van der Waals surface area contributed by atoms with Crippen molar-refractivity contribution in [3.05, 3.63) is 64.2 Å². The second-order valence-corrected chi connectivity index (χ2v) is 6.90. The van der Waals surface area contributed by atoms with Crippen LogP contribution in [0.15, 0.2) is 47.5 Å². The van der Waals surface area contributed by atoms with E-state index in [2.05, 4.69) is 49.5 Å². The van der Waals surface area contributed by atoms with Gasteiger partial charge in [-0.15, -0.1) is 24.0 Å². The van der Waals surface area contributed by atoms with E-state index in [9.17, 15) is 8.78 Å². The summed E-state index contributed by atoms with van der Waals surface area (Å²) >= 11 is 5.97. The van der Waals surface area contributed by atoms with Crippen LogP contribution in [0.1, 0.15) is 16.7 Å². The van der Waals surface area contributed by atoms with Crippen molar-refractivity contribution in [3.8, 4) is 5.75 Å². The molecule has 0 amide bonds. The van der Waals surface area contributed by atoms with Crippen LogP contribution >= 0.6 is 35.6 Å². The van der Waals surface area contributed by atoms with E-state index in [1.807, 2.05) is 14.1 Å². The number of ether oxygens (including phenoxy) is 1. The number of guanidine groups is 1. The van der Waals surface area contributed by atoms with Crippen LogP contribution in [0, 0.1) is 0 Å². The minimum atomic E-state index is -2.90. The number of hydrogen-bond acceptors (Lipinski definition) is 3. The fraction of sp³-hybridized carbons (Fsp3) is 0.350. The number of halogens is 4. The Morgan fingerprint density at radius 2 is 1.69 bits per heavy atom. The lowest BCUT2D eigenvalue weighted by Gasteiger charge is -2.15. The molecule has 2 aromatic carbocycles. The highest BCUT2D eigenvalue weighted by atomic mass is 127. The summed E-state index contributed by atoms with van der Waals surface area (Å²) in [4.78, 5) is 6.27. The fourth-order valence-electron chi connectivity index (χ4n) is 2.61. The number of alkyl halides is 2. The number of benzene rings is 2. The Morgan fingerprint density at radius 1 is 1.07 bits per heavy atom. The highest BCUT2D eigenvalue weighted by Gasteiger charge is 2.11. The lowest BCUT2D eigenvalue weighted by Crippen LogP contribution is -2.36. The van der Waals surface area contributed by atoms with Crippen molar-refractivity contribution in [2.75, 3.05) is 21.1 Å². The monoisotopic (exact) mass is 538 g/mol. The summed E-state index contributed by atoms with van der Waals surface area (Å²) in [7, 11) is 5.70. The molecule has 2 N–H and O–H groups in total. The Bertz CT molecular complexity index is 789. The molecule has 2 rings (SSSR count). The third-order valence-electron chi connectivity index (χ3n) is 3.89. The van der Waals surface area contributed by atoms with Gasteiger partial charge in [-0.05, 0) is 43.4 Å². The van der Waals surface area contributed by atoms with Crippen molar-refractivity contribution >= 4 is 41.5 Å². The lowest BCUT2D eigenvalue weighted by molar-refractivity contribution is -0.0504. The Morgan fingerprint density at radius 3 is 2.28 bits per heavy atom. The van der Waals surface area contributed by atoms with E-state index in [4.69, 9.17) is 11.6 Å². The van der Waals surface area contributed by atoms with Gasteiger partial charge in [0.25, 0.3) is 0 Å². The van der Waals surface area contributed by atoms with E-state index < -0.39 is 6.61 Å². The van der Waals surface area contributed by atoms with Gasteiger partial charge >= 0.3 is 6.61 Å². The van der Waals surface area contributed by atoms with Gasteiger partial charge in [0.15, 0.2) is 5.96 Å². The van der Waals surface area contributed by atoms with Crippen LogP contribution in [-0.2, 0) is 19.6 Å². The maximum atomic E-state index is 12.6. The SMILES string of the molecule is CN=C(NCc1ccc(CN(C)C)cc1)NCc1cc(Cl)ccc1OC(F)F.I. The smallest absolute Gasteiger partial charge is 0.387 e. The van der Waals surface area contributed by atoms with E-state index in [-0.39, 0.29) is 36.3 Å². The summed E-state index contributed by atoms with van der Waals surface area (Å²) in [5.41, 5.74) is 2.86. The summed E-state index contributed by atoms with van der Waals surface area (Å²) < 4.78 is 29.7. The predicted molar refractivity (Wildman–Crippen MR) is 124 cm³/mol. The van der Waals surface area contributed by atoms with Gasteiger partial charge in [-0.25, -0.2) is 0 Å². The van der Waals surface area contributed by atoms with Crippen LogP contribution in [0.3, 0.4) is 0 Å². The number of hydrogen-bond donors (Lipinski definition) is 2. The molecule has 0 saturated heterocycles. The largest absolute Gasteiger partial charge is 0.434 e. The Hall–Kier alpha value is -1.65. The van der Waals surface area contributed by atoms with Crippen LogP contribution in [0.5, 0.6) is 5.75 Å². The van der Waals surface area contributed by atoms with Crippen LogP contribution in [0.25, 0.3) is 0 Å². The Labute approximate surface area is 192 Å². The lowest BCUT2D eigenvalue weighted by atomic mass is 10.1. The maximum absolute atomic E-state index is 12.6. The summed E-state index contributed by atoms with van der Waals surface area (Å²) in [5.74, 6) is 0.624. The first-order valence-electron chi connectivity index (χ1n) is 8.77. The molecule has 2 aromatic rings. The van der Waals surface area contributed by atoms with Gasteiger partial charge in [-0.3, -0.25) is 4.99 Å². The minimum Gasteiger partial charge on any atom is -0.434 e. The average molecular weight is 539 g/mol. The quantitative estimate of drug-likeness (QED) is 0.296. The maximum Gasteiger partial charge on any atom is 0.387 e. The molecule has 0 aliphatic heterocycles. The zero-order valence-electron chi connectivity index (χ0n) is 16.6. The van der Waals surface area contributed by atoms with Gasteiger partial charge in [0.1, 0.15) is 5.75 Å². The van der Waals surface area contributed by atoms with E-state index in [0.29, 0.717) is 23.1 Å². The standard InChI is InChI=1S/C20H25ClF2N4O.HI/c1-24-20(25-11-14-4-6-15(7-5-14)13-27(2)3)26-12-16-10-17(21)8-9-18(16)28-19(22)23;/h4-10,19H,11-13H2,1-3H3,(H2,24,25,26);1H. The molecule has 0 aliphatic rings. The molecule has 0 spiro atoms. The molecule has 160 valence electrons. The second kappa shape index (κ2) is 12.8. The first-order valence-corrected chi connectivity index (χ1v) is 9.15. The van der Waals surface area contributed by atoms with Gasteiger partial charge in [-0.2, -0.15) is 8.78 Å². The second-order valence-electron chi connectivity index (χ2n) is 6.46. The molecule has 0 bridgehead atoms. The molecule has 29 heavy (non-hydrogen) atoms. The molecule has 5 nitrogen and oxygen atoms in total. The predicted octanol–water partition coefficient (Wildman–Crippen LogP) is 4.49. The molecular formula is C20H26ClF2IN4O. The average Bonchev–Trinajstić information content (AvgIpc) is 2.64. The molecule has 0 radical (unpaired) electrons. The summed E-state index contributed by atoms with van der Waals surface area (Å²) in [6.07, 6.45) is 0. The van der Waals surface area contributed by atoms with E-state index in [1.54, 1.807) is 13.1 Å². The van der Waals surface area contributed by atoms with Crippen molar-refractivity contribution in [3.63, 3.8) is 0 Å². The van der Waals surface area contributed by atoms with Gasteiger partial charge in [0, 0.05) is 37.3 Å². The van der Waals surface area contributed by atoms with Crippen LogP contribution < -0.4 is 15.4 Å². The van der Waals surface area contributed by atoms with Crippen LogP contribution in [-0.4, -0.2) is 38.6 Å². The van der Waals surface area contributed by atoms with Crippen molar-refractivity contribution in [1.29, 1.82) is 0 Å². The summed E-state index contributed by atoms with van der Waals surface area (Å²) in [6, 6.07) is 12.8. The van der Waals surface area contributed by atoms with Crippen LogP contribution in [0.2, 0.25) is 5.02 Å². The molecule has 0 fully saturated rings. The fourth-order valence-corrected chi connectivity index (χ4v) is 2.80. The normalized spacial score (nSPS) is 11.4. The zero-order chi connectivity index (χ0) is 20.5. The van der Waals surface area contributed by atoms with E-state index in [1.165, 1.54) is 17.7 Å². The zero-order valence-corrected chi connectivity index (χ0v) is 19.7. The van der Waals surface area contributed by atoms with E-state index >= 15 is 0 Å². The van der Waals surface area contributed by atoms with Gasteiger partial charge in [-0.1, -0.05) is 35.9 Å². The molecule has 9 heteroatoms. The first kappa shape index (κ1) is 25.4. The highest BCUT2D eigenvalue weighted by Crippen LogP contribution is 2.24. The van der Waals surface area contributed by atoms with Crippen molar-refractivity contribution in [1.82, 2.24) is 15.5 Å². The molecule has 0 heterocycles. The Balaban J connectivity index is 0.00000420. The molecule has 0 aromatic heterocycles. The molecule has 0 aliphatic carbocycles. The highest BCUT2D eigenvalue weighted by molar-refractivity contribution is 14.0. The third-order valence-corrected chi connectivity index (χ3v) is 4.13. The summed E-state index contributed by atoms with van der Waals surface area (Å²) in [5, 5.41) is 6.72. The van der Waals surface area contributed by atoms with Crippen molar-refractivity contribution in [2.24, 2.45) is 4.99 Å². The number of aliphatic imine (C=N–C) groups is 1. The first-order chi connectivity index (χ1) is 13.4. The molecule has 0 unspecified atom stereocenters. The van der Waals surface area contributed by atoms with Gasteiger partial charge < -0.3 is 20.3 Å². The molecule has 0 saturated carbocycles. The molecular weight excluding hydrogens is 513 g/mol. The number of nitrogens with zero attached hydrogens (tertiary/aromatic N) is 2. The van der Waals surface area contributed by atoms with Crippen molar-refractivity contribution in [2.45, 2.75) is 26.2 Å². The number of rotatable bonds is 8. The Kier molecular flexibility index (Phi) is 11.2. The van der Waals surface area contributed by atoms with Gasteiger partial charge in [0.2, 0.25) is 0 Å². The number of nitrogens with one attached hydrogen (secondary N) is 2.